The van der Waals surface area contributed by atoms with Crippen molar-refractivity contribution in [3.8, 4) is 0 Å². The predicted molar refractivity (Wildman–Crippen MR) is 107 cm³/mol. The number of likely N-dealkylation sites (tertiary alicyclic amines) is 1. The third-order valence-electron chi connectivity index (χ3n) is 4.60. The third-order valence-corrected chi connectivity index (χ3v) is 5.10. The summed E-state index contributed by atoms with van der Waals surface area (Å²) in [6, 6.07) is 12.8. The van der Waals surface area contributed by atoms with Crippen LogP contribution in [0.5, 0.6) is 0 Å². The van der Waals surface area contributed by atoms with Gasteiger partial charge in [-0.05, 0) is 48.4 Å². The first kappa shape index (κ1) is 19.5. The number of nitrogens with zero attached hydrogens (tertiary/aromatic N) is 1. The highest BCUT2D eigenvalue weighted by Gasteiger charge is 2.45. The standard InChI is InChI=1S/C21H19Cl2NO3/c1-2-3-12-24-18(13-4-8-15(22)9-5-13)17(20(26)21(24)27)19(25)14-6-10-16(23)11-7-14/h4-11,18,25H,2-3,12H2,1H3/b19-17+/t18-/m1/s1. The monoisotopic (exact) mass is 403 g/mol. The molecule has 3 rings (SSSR count). The summed E-state index contributed by atoms with van der Waals surface area (Å²) in [5.41, 5.74) is 1.25. The minimum atomic E-state index is -0.682. The number of rotatable bonds is 5. The number of hydrogen-bond acceptors (Lipinski definition) is 3. The summed E-state index contributed by atoms with van der Waals surface area (Å²) in [5, 5.41) is 11.9. The van der Waals surface area contributed by atoms with Crippen molar-refractivity contribution in [2.75, 3.05) is 6.54 Å². The summed E-state index contributed by atoms with van der Waals surface area (Å²) in [5.74, 6) is -1.48. The van der Waals surface area contributed by atoms with Crippen molar-refractivity contribution >= 4 is 40.7 Å². The first-order valence-corrected chi connectivity index (χ1v) is 9.49. The Hall–Kier alpha value is -2.30. The summed E-state index contributed by atoms with van der Waals surface area (Å²) in [6.07, 6.45) is 1.64. The Morgan fingerprint density at radius 2 is 1.56 bits per heavy atom. The van der Waals surface area contributed by atoms with Crippen LogP contribution >= 0.6 is 23.2 Å². The number of halogens is 2. The summed E-state index contributed by atoms with van der Waals surface area (Å²) < 4.78 is 0. The van der Waals surface area contributed by atoms with Gasteiger partial charge < -0.3 is 10.0 Å². The first-order valence-electron chi connectivity index (χ1n) is 8.74. The number of unbranched alkanes of at least 4 members (excludes halogenated alkanes) is 1. The smallest absolute Gasteiger partial charge is 0.295 e. The molecule has 140 valence electrons. The molecule has 6 heteroatoms. The number of amides is 1. The van der Waals surface area contributed by atoms with E-state index in [4.69, 9.17) is 23.2 Å². The second kappa shape index (κ2) is 8.15. The van der Waals surface area contributed by atoms with Crippen molar-refractivity contribution < 1.29 is 14.7 Å². The number of carbonyl (C=O) groups is 2. The lowest BCUT2D eigenvalue weighted by molar-refractivity contribution is -0.139. The SMILES string of the molecule is CCCCN1C(=O)C(=O)/C(=C(/O)c2ccc(Cl)cc2)[C@H]1c1ccc(Cl)cc1. The van der Waals surface area contributed by atoms with Crippen molar-refractivity contribution in [3.63, 3.8) is 0 Å². The molecule has 0 aromatic heterocycles. The molecule has 1 atom stereocenters. The van der Waals surface area contributed by atoms with E-state index in [0.29, 0.717) is 22.2 Å². The van der Waals surface area contributed by atoms with Crippen LogP contribution in [0.3, 0.4) is 0 Å². The van der Waals surface area contributed by atoms with E-state index in [1.165, 1.54) is 4.90 Å². The lowest BCUT2D eigenvalue weighted by Gasteiger charge is -2.25. The van der Waals surface area contributed by atoms with Crippen LogP contribution in [0.4, 0.5) is 0 Å². The fourth-order valence-corrected chi connectivity index (χ4v) is 3.45. The molecule has 0 bridgehead atoms. The zero-order valence-electron chi connectivity index (χ0n) is 14.8. The zero-order valence-corrected chi connectivity index (χ0v) is 16.3. The van der Waals surface area contributed by atoms with E-state index in [2.05, 4.69) is 0 Å². The van der Waals surface area contributed by atoms with Gasteiger partial charge in [0.15, 0.2) is 0 Å². The molecule has 0 aliphatic carbocycles. The van der Waals surface area contributed by atoms with Gasteiger partial charge in [-0.2, -0.15) is 0 Å². The van der Waals surface area contributed by atoms with Gasteiger partial charge in [0, 0.05) is 22.2 Å². The van der Waals surface area contributed by atoms with Gasteiger partial charge >= 0.3 is 0 Å². The largest absolute Gasteiger partial charge is 0.507 e. The van der Waals surface area contributed by atoms with Gasteiger partial charge in [-0.25, -0.2) is 0 Å². The number of Topliss-reactive ketones (excluding diaryl/α,β-unsaturated/α-hetero) is 1. The first-order chi connectivity index (χ1) is 12.9. The molecule has 1 N–H and O–H groups in total. The zero-order chi connectivity index (χ0) is 19.6. The van der Waals surface area contributed by atoms with Crippen molar-refractivity contribution in [1.82, 2.24) is 4.90 Å². The molecule has 0 saturated carbocycles. The number of ketones is 1. The molecule has 1 amide bonds. The van der Waals surface area contributed by atoms with Gasteiger partial charge in [-0.1, -0.05) is 48.7 Å². The molecular formula is C21H19Cl2NO3. The fraction of sp³-hybridized carbons (Fsp3) is 0.238. The topological polar surface area (TPSA) is 57.6 Å². The lowest BCUT2D eigenvalue weighted by Crippen LogP contribution is -2.30. The average molecular weight is 404 g/mol. The van der Waals surface area contributed by atoms with E-state index >= 15 is 0 Å². The van der Waals surface area contributed by atoms with Crippen molar-refractivity contribution in [3.05, 3.63) is 75.3 Å². The van der Waals surface area contributed by atoms with Gasteiger partial charge in [-0.15, -0.1) is 0 Å². The molecule has 0 spiro atoms. The van der Waals surface area contributed by atoms with E-state index in [-0.39, 0.29) is 11.3 Å². The molecule has 4 nitrogen and oxygen atoms in total. The van der Waals surface area contributed by atoms with Gasteiger partial charge in [0.2, 0.25) is 0 Å². The Morgan fingerprint density at radius 3 is 2.11 bits per heavy atom. The molecule has 2 aromatic rings. The van der Waals surface area contributed by atoms with Crippen LogP contribution in [-0.4, -0.2) is 28.2 Å². The van der Waals surface area contributed by atoms with Crippen LogP contribution in [0.1, 0.15) is 36.9 Å². The molecule has 1 aliphatic heterocycles. The average Bonchev–Trinajstić information content (AvgIpc) is 2.91. The predicted octanol–water partition coefficient (Wildman–Crippen LogP) is 5.22. The van der Waals surface area contributed by atoms with E-state index in [9.17, 15) is 14.7 Å². The highest BCUT2D eigenvalue weighted by molar-refractivity contribution is 6.46. The van der Waals surface area contributed by atoms with Gasteiger partial charge in [0.25, 0.3) is 11.7 Å². The maximum absolute atomic E-state index is 12.8. The number of benzene rings is 2. The minimum Gasteiger partial charge on any atom is -0.507 e. The molecule has 1 saturated heterocycles. The normalized spacial score (nSPS) is 18.9. The minimum absolute atomic E-state index is 0.0840. The van der Waals surface area contributed by atoms with Crippen molar-refractivity contribution in [2.24, 2.45) is 0 Å². The number of carbonyl (C=O) groups excluding carboxylic acids is 2. The number of aliphatic hydroxyl groups is 1. The molecule has 1 fully saturated rings. The van der Waals surface area contributed by atoms with Crippen LogP contribution in [-0.2, 0) is 9.59 Å². The van der Waals surface area contributed by atoms with Gasteiger partial charge in [0.1, 0.15) is 5.76 Å². The number of aliphatic hydroxyl groups excluding tert-OH is 1. The summed E-state index contributed by atoms with van der Waals surface area (Å²) in [6.45, 7) is 2.45. The summed E-state index contributed by atoms with van der Waals surface area (Å²) in [4.78, 5) is 26.9. The summed E-state index contributed by atoms with van der Waals surface area (Å²) >= 11 is 11.9. The Bertz CT molecular complexity index is 889. The molecule has 1 heterocycles. The van der Waals surface area contributed by atoms with Gasteiger partial charge in [-0.3, -0.25) is 9.59 Å². The van der Waals surface area contributed by atoms with Crippen LogP contribution in [0, 0.1) is 0 Å². The third kappa shape index (κ3) is 3.87. The molecule has 0 radical (unpaired) electrons. The highest BCUT2D eigenvalue weighted by atomic mass is 35.5. The van der Waals surface area contributed by atoms with Gasteiger partial charge in [0.05, 0.1) is 11.6 Å². The van der Waals surface area contributed by atoms with Crippen LogP contribution in [0.2, 0.25) is 10.0 Å². The maximum Gasteiger partial charge on any atom is 0.295 e. The second-order valence-corrected chi connectivity index (χ2v) is 7.28. The molecular weight excluding hydrogens is 385 g/mol. The quantitative estimate of drug-likeness (QED) is 0.423. The van der Waals surface area contributed by atoms with Crippen LogP contribution in [0.25, 0.3) is 5.76 Å². The maximum atomic E-state index is 12.8. The van der Waals surface area contributed by atoms with Crippen LogP contribution in [0.15, 0.2) is 54.1 Å². The second-order valence-electron chi connectivity index (χ2n) is 6.40. The van der Waals surface area contributed by atoms with E-state index < -0.39 is 17.7 Å². The molecule has 2 aromatic carbocycles. The van der Waals surface area contributed by atoms with E-state index in [0.717, 1.165) is 18.4 Å². The Kier molecular flexibility index (Phi) is 5.88. The van der Waals surface area contributed by atoms with Crippen molar-refractivity contribution in [1.29, 1.82) is 0 Å². The van der Waals surface area contributed by atoms with E-state index in [1.54, 1.807) is 48.5 Å². The van der Waals surface area contributed by atoms with Crippen molar-refractivity contribution in [2.45, 2.75) is 25.8 Å². The lowest BCUT2D eigenvalue weighted by atomic mass is 9.95. The number of hydrogen-bond donors (Lipinski definition) is 1. The Labute approximate surface area is 168 Å². The summed E-state index contributed by atoms with van der Waals surface area (Å²) in [7, 11) is 0. The highest BCUT2D eigenvalue weighted by Crippen LogP contribution is 2.39. The fourth-order valence-electron chi connectivity index (χ4n) is 3.19. The Balaban J connectivity index is 2.14. The van der Waals surface area contributed by atoms with E-state index in [1.807, 2.05) is 6.92 Å². The molecule has 1 aliphatic rings. The van der Waals surface area contributed by atoms with Crippen LogP contribution < -0.4 is 0 Å². The molecule has 27 heavy (non-hydrogen) atoms. The molecule has 0 unspecified atom stereocenters. The Morgan fingerprint density at radius 1 is 1.00 bits per heavy atom.